The van der Waals surface area contributed by atoms with Gasteiger partial charge in [0.1, 0.15) is 5.82 Å². The fourth-order valence-corrected chi connectivity index (χ4v) is 2.86. The van der Waals surface area contributed by atoms with E-state index in [2.05, 4.69) is 39.9 Å². The Morgan fingerprint density at radius 1 is 1.19 bits per heavy atom. The van der Waals surface area contributed by atoms with Crippen LogP contribution in [0.1, 0.15) is 27.2 Å². The number of benzene rings is 1. The highest BCUT2D eigenvalue weighted by Crippen LogP contribution is 2.22. The lowest BCUT2D eigenvalue weighted by Gasteiger charge is -2.13. The van der Waals surface area contributed by atoms with Crippen LogP contribution in [0, 0.1) is 6.92 Å². The molecule has 1 aliphatic carbocycles. The maximum absolute atomic E-state index is 12.4. The van der Waals surface area contributed by atoms with E-state index in [4.69, 9.17) is 0 Å². The van der Waals surface area contributed by atoms with E-state index in [1.54, 1.807) is 13.1 Å². The Hall–Kier alpha value is -2.36. The predicted molar refractivity (Wildman–Crippen MR) is 83.6 cm³/mol. The van der Waals surface area contributed by atoms with Crippen molar-refractivity contribution in [1.29, 1.82) is 0 Å². The molecule has 2 N–H and O–H groups in total. The van der Waals surface area contributed by atoms with Crippen molar-refractivity contribution in [2.75, 3.05) is 12.4 Å². The minimum Gasteiger partial charge on any atom is -0.373 e. The van der Waals surface area contributed by atoms with Crippen LogP contribution in [0.5, 0.6) is 0 Å². The number of nitrogens with zero attached hydrogens (tertiary/aromatic N) is 1. The minimum atomic E-state index is -0.0326. The number of fused-ring (bicyclic) bond motifs is 1. The number of carbonyl (C=O) groups is 1. The number of carbonyl (C=O) groups excluding carboxylic acids is 1. The van der Waals surface area contributed by atoms with Crippen molar-refractivity contribution in [3.8, 4) is 0 Å². The lowest BCUT2D eigenvalue weighted by Crippen LogP contribution is -2.35. The molecule has 0 aliphatic heterocycles. The zero-order valence-corrected chi connectivity index (χ0v) is 12.3. The van der Waals surface area contributed by atoms with Gasteiger partial charge < -0.3 is 10.6 Å². The van der Waals surface area contributed by atoms with Gasteiger partial charge in [0, 0.05) is 24.3 Å². The average molecular weight is 281 g/mol. The van der Waals surface area contributed by atoms with E-state index < -0.39 is 0 Å². The highest BCUT2D eigenvalue weighted by Gasteiger charge is 2.23. The van der Waals surface area contributed by atoms with E-state index in [9.17, 15) is 4.79 Å². The Bertz CT molecular complexity index is 656. The van der Waals surface area contributed by atoms with Crippen molar-refractivity contribution >= 4 is 11.7 Å². The number of nitrogens with one attached hydrogen (secondary N) is 2. The molecule has 1 aromatic heterocycles. The molecule has 0 bridgehead atoms. The van der Waals surface area contributed by atoms with Gasteiger partial charge in [0.25, 0.3) is 5.91 Å². The molecule has 1 heterocycles. The zero-order chi connectivity index (χ0) is 14.8. The van der Waals surface area contributed by atoms with E-state index in [0.717, 1.165) is 24.4 Å². The maximum atomic E-state index is 12.4. The number of hydrogen-bond acceptors (Lipinski definition) is 3. The van der Waals surface area contributed by atoms with Crippen LogP contribution in [0.2, 0.25) is 0 Å². The second-order valence-electron chi connectivity index (χ2n) is 5.48. The smallest absolute Gasteiger partial charge is 0.251 e. The quantitative estimate of drug-likeness (QED) is 0.908. The Kier molecular flexibility index (Phi) is 3.60. The third-order valence-electron chi connectivity index (χ3n) is 3.86. The van der Waals surface area contributed by atoms with Crippen LogP contribution in [0.3, 0.4) is 0 Å². The van der Waals surface area contributed by atoms with E-state index in [0.29, 0.717) is 5.56 Å². The van der Waals surface area contributed by atoms with Gasteiger partial charge in [-0.25, -0.2) is 4.98 Å². The molecule has 1 aliphatic rings. The summed E-state index contributed by atoms with van der Waals surface area (Å²) in [5, 5.41) is 6.11. The Morgan fingerprint density at radius 3 is 2.48 bits per heavy atom. The Labute approximate surface area is 124 Å². The zero-order valence-electron chi connectivity index (χ0n) is 12.3. The Balaban J connectivity index is 1.72. The lowest BCUT2D eigenvalue weighted by atomic mass is 10.1. The highest BCUT2D eigenvalue weighted by atomic mass is 16.1. The summed E-state index contributed by atoms with van der Waals surface area (Å²) in [4.78, 5) is 16.7. The topological polar surface area (TPSA) is 54.0 Å². The highest BCUT2D eigenvalue weighted by molar-refractivity contribution is 5.95. The van der Waals surface area contributed by atoms with Crippen LogP contribution in [0.4, 0.5) is 5.82 Å². The fourth-order valence-electron chi connectivity index (χ4n) is 2.86. The van der Waals surface area contributed by atoms with E-state index in [-0.39, 0.29) is 11.9 Å². The summed E-state index contributed by atoms with van der Waals surface area (Å²) >= 11 is 0. The van der Waals surface area contributed by atoms with E-state index in [1.807, 2.05) is 13.0 Å². The van der Waals surface area contributed by atoms with Crippen LogP contribution in [-0.2, 0) is 12.8 Å². The summed E-state index contributed by atoms with van der Waals surface area (Å²) in [6, 6.07) is 12.2. The van der Waals surface area contributed by atoms with Crippen LogP contribution < -0.4 is 10.6 Å². The van der Waals surface area contributed by atoms with Gasteiger partial charge in [-0.05, 0) is 43.0 Å². The van der Waals surface area contributed by atoms with Crippen molar-refractivity contribution in [3.05, 3.63) is 58.8 Å². The molecule has 0 atom stereocenters. The number of hydrogen-bond donors (Lipinski definition) is 2. The molecule has 0 radical (unpaired) electrons. The standard InChI is InChI=1S/C17H19N3O/c1-11-7-14(10-16(18-2)19-11)17(21)20-15-8-12-5-3-4-6-13(12)9-15/h3-7,10,15H,8-9H2,1-2H3,(H,18,19)(H,20,21). The fraction of sp³-hybridized carbons (Fsp3) is 0.294. The first-order valence-electron chi connectivity index (χ1n) is 7.20. The monoisotopic (exact) mass is 281 g/mol. The molecule has 21 heavy (non-hydrogen) atoms. The third kappa shape index (κ3) is 2.89. The summed E-state index contributed by atoms with van der Waals surface area (Å²) in [6.07, 6.45) is 1.82. The molecule has 0 saturated carbocycles. The summed E-state index contributed by atoms with van der Waals surface area (Å²) in [5.41, 5.74) is 4.17. The van der Waals surface area contributed by atoms with E-state index >= 15 is 0 Å². The molecule has 0 fully saturated rings. The van der Waals surface area contributed by atoms with Crippen LogP contribution >= 0.6 is 0 Å². The van der Waals surface area contributed by atoms with Crippen molar-refractivity contribution < 1.29 is 4.79 Å². The summed E-state index contributed by atoms with van der Waals surface area (Å²) in [5.74, 6) is 0.685. The first kappa shape index (κ1) is 13.6. The summed E-state index contributed by atoms with van der Waals surface area (Å²) in [6.45, 7) is 1.89. The molecule has 0 saturated heterocycles. The van der Waals surface area contributed by atoms with Gasteiger partial charge in [-0.1, -0.05) is 24.3 Å². The van der Waals surface area contributed by atoms with Gasteiger partial charge in [-0.2, -0.15) is 0 Å². The number of amides is 1. The number of aromatic nitrogens is 1. The third-order valence-corrected chi connectivity index (χ3v) is 3.86. The SMILES string of the molecule is CNc1cc(C(=O)NC2Cc3ccccc3C2)cc(C)n1. The summed E-state index contributed by atoms with van der Waals surface area (Å²) < 4.78 is 0. The molecular formula is C17H19N3O. The molecule has 4 nitrogen and oxygen atoms in total. The maximum Gasteiger partial charge on any atom is 0.251 e. The number of anilines is 1. The molecule has 3 rings (SSSR count). The first-order chi connectivity index (χ1) is 10.2. The minimum absolute atomic E-state index is 0.0326. The van der Waals surface area contributed by atoms with Gasteiger partial charge in [0.15, 0.2) is 0 Å². The normalized spacial score (nSPS) is 13.8. The van der Waals surface area contributed by atoms with E-state index in [1.165, 1.54) is 11.1 Å². The van der Waals surface area contributed by atoms with Crippen LogP contribution in [0.25, 0.3) is 0 Å². The molecule has 4 heteroatoms. The Morgan fingerprint density at radius 2 is 1.86 bits per heavy atom. The van der Waals surface area contributed by atoms with Crippen molar-refractivity contribution in [2.24, 2.45) is 0 Å². The molecule has 1 amide bonds. The average Bonchev–Trinajstić information content (AvgIpc) is 2.88. The largest absolute Gasteiger partial charge is 0.373 e. The molecule has 1 aromatic carbocycles. The molecule has 2 aromatic rings. The van der Waals surface area contributed by atoms with Crippen LogP contribution in [-0.4, -0.2) is 24.0 Å². The van der Waals surface area contributed by atoms with Gasteiger partial charge in [0.05, 0.1) is 0 Å². The number of aryl methyl sites for hydroxylation is 1. The second kappa shape index (κ2) is 5.56. The van der Waals surface area contributed by atoms with Crippen molar-refractivity contribution in [3.63, 3.8) is 0 Å². The predicted octanol–water partition coefficient (Wildman–Crippen LogP) is 2.33. The van der Waals surface area contributed by atoms with Gasteiger partial charge in [-0.3, -0.25) is 4.79 Å². The molecule has 0 unspecified atom stereocenters. The molecular weight excluding hydrogens is 262 g/mol. The molecule has 0 spiro atoms. The van der Waals surface area contributed by atoms with Crippen molar-refractivity contribution in [1.82, 2.24) is 10.3 Å². The van der Waals surface area contributed by atoms with Gasteiger partial charge in [-0.15, -0.1) is 0 Å². The summed E-state index contributed by atoms with van der Waals surface area (Å²) in [7, 11) is 1.80. The van der Waals surface area contributed by atoms with Crippen molar-refractivity contribution in [2.45, 2.75) is 25.8 Å². The van der Waals surface area contributed by atoms with Crippen LogP contribution in [0.15, 0.2) is 36.4 Å². The number of rotatable bonds is 3. The van der Waals surface area contributed by atoms with Gasteiger partial charge >= 0.3 is 0 Å². The van der Waals surface area contributed by atoms with Gasteiger partial charge in [0.2, 0.25) is 0 Å². The molecule has 108 valence electrons. The first-order valence-corrected chi connectivity index (χ1v) is 7.20. The second-order valence-corrected chi connectivity index (χ2v) is 5.48. The number of pyridine rings is 1. The lowest BCUT2D eigenvalue weighted by molar-refractivity contribution is 0.0938.